The second kappa shape index (κ2) is 7.34. The Bertz CT molecular complexity index is 1310. The number of hydrogen-bond acceptors (Lipinski definition) is 4. The van der Waals surface area contributed by atoms with E-state index >= 15 is 0 Å². The van der Waals surface area contributed by atoms with Gasteiger partial charge in [-0.1, -0.05) is 24.4 Å². The van der Waals surface area contributed by atoms with Crippen LogP contribution in [0.2, 0.25) is 0 Å². The number of carbonyl (C=O) groups is 1. The summed E-state index contributed by atoms with van der Waals surface area (Å²) in [5.41, 5.74) is 4.82. The number of aromatic nitrogens is 2. The maximum atomic E-state index is 14.2. The van der Waals surface area contributed by atoms with Crippen molar-refractivity contribution in [2.75, 3.05) is 5.73 Å². The van der Waals surface area contributed by atoms with Gasteiger partial charge in [0, 0.05) is 11.8 Å². The van der Waals surface area contributed by atoms with E-state index in [9.17, 15) is 22.4 Å². The number of fused-ring (bicyclic) bond motifs is 1. The zero-order valence-corrected chi connectivity index (χ0v) is 15.8. The summed E-state index contributed by atoms with van der Waals surface area (Å²) in [7, 11) is 0. The number of hydrogen-bond donors (Lipinski definition) is 1. The van der Waals surface area contributed by atoms with E-state index in [-0.39, 0.29) is 27.6 Å². The molecule has 2 aromatic carbocycles. The van der Waals surface area contributed by atoms with Crippen LogP contribution in [0, 0.1) is 23.3 Å². The number of anilines is 1. The Morgan fingerprint density at radius 2 is 1.40 bits per heavy atom. The molecule has 0 bridgehead atoms. The van der Waals surface area contributed by atoms with E-state index in [2.05, 4.69) is 4.98 Å². The fourth-order valence-corrected chi connectivity index (χ4v) is 3.51. The van der Waals surface area contributed by atoms with Crippen molar-refractivity contribution >= 4 is 34.3 Å². The Balaban J connectivity index is 1.89. The smallest absolute Gasteiger partial charge is 0.200 e. The SMILES string of the molecule is Nc1nc2ccc(C(=O)c3c(F)cccc3F)cn2c1C(=S)c1c(F)cccc1F. The molecule has 4 rings (SSSR count). The van der Waals surface area contributed by atoms with Crippen molar-refractivity contribution in [3.8, 4) is 0 Å². The average Bonchev–Trinajstić information content (AvgIpc) is 3.02. The van der Waals surface area contributed by atoms with E-state index in [0.29, 0.717) is 0 Å². The van der Waals surface area contributed by atoms with Crippen LogP contribution in [0.25, 0.3) is 5.65 Å². The van der Waals surface area contributed by atoms with Gasteiger partial charge in [0.1, 0.15) is 34.6 Å². The van der Waals surface area contributed by atoms with Gasteiger partial charge in [-0.05, 0) is 36.4 Å². The van der Waals surface area contributed by atoms with E-state index < -0.39 is 40.2 Å². The summed E-state index contributed by atoms with van der Waals surface area (Å²) in [4.78, 5) is 16.5. The van der Waals surface area contributed by atoms with Gasteiger partial charge in [-0.3, -0.25) is 9.20 Å². The number of nitrogens with zero attached hydrogens (tertiary/aromatic N) is 2. The first-order valence-electron chi connectivity index (χ1n) is 8.54. The zero-order chi connectivity index (χ0) is 21.6. The summed E-state index contributed by atoms with van der Waals surface area (Å²) < 4.78 is 57.7. The third-order valence-electron chi connectivity index (χ3n) is 4.50. The summed E-state index contributed by atoms with van der Waals surface area (Å²) in [6, 6.07) is 9.03. The lowest BCUT2D eigenvalue weighted by Gasteiger charge is -2.09. The molecule has 150 valence electrons. The van der Waals surface area contributed by atoms with Crippen molar-refractivity contribution in [3.05, 3.63) is 100 Å². The van der Waals surface area contributed by atoms with E-state index in [0.717, 1.165) is 30.3 Å². The van der Waals surface area contributed by atoms with Gasteiger partial charge < -0.3 is 5.73 Å². The van der Waals surface area contributed by atoms with Gasteiger partial charge in [-0.15, -0.1) is 0 Å². The van der Waals surface area contributed by atoms with E-state index in [4.69, 9.17) is 18.0 Å². The predicted octanol–water partition coefficient (Wildman–Crippen LogP) is 4.47. The third-order valence-corrected chi connectivity index (χ3v) is 4.90. The van der Waals surface area contributed by atoms with Crippen LogP contribution >= 0.6 is 12.2 Å². The molecule has 2 heterocycles. The molecular formula is C21H11F4N3OS. The molecular weight excluding hydrogens is 418 g/mol. The molecule has 2 N–H and O–H groups in total. The van der Waals surface area contributed by atoms with E-state index in [1.807, 2.05) is 0 Å². The summed E-state index contributed by atoms with van der Waals surface area (Å²) >= 11 is 5.25. The molecule has 0 fully saturated rings. The zero-order valence-electron chi connectivity index (χ0n) is 15.0. The molecule has 0 radical (unpaired) electrons. The van der Waals surface area contributed by atoms with E-state index in [1.165, 1.54) is 28.8 Å². The van der Waals surface area contributed by atoms with Crippen molar-refractivity contribution < 1.29 is 22.4 Å². The van der Waals surface area contributed by atoms with Crippen molar-refractivity contribution in [2.24, 2.45) is 0 Å². The number of pyridine rings is 1. The van der Waals surface area contributed by atoms with Crippen LogP contribution in [0.1, 0.15) is 27.2 Å². The minimum atomic E-state index is -1.02. The number of thiocarbonyl (C=S) groups is 1. The fourth-order valence-electron chi connectivity index (χ4n) is 3.12. The maximum absolute atomic E-state index is 14.2. The molecule has 2 aromatic heterocycles. The molecule has 4 aromatic rings. The Morgan fingerprint density at radius 1 is 0.867 bits per heavy atom. The number of imidazole rings is 1. The number of benzene rings is 2. The summed E-state index contributed by atoms with van der Waals surface area (Å²) in [6.45, 7) is 0. The quantitative estimate of drug-likeness (QED) is 0.295. The fraction of sp³-hybridized carbons (Fsp3) is 0. The van der Waals surface area contributed by atoms with Crippen molar-refractivity contribution in [3.63, 3.8) is 0 Å². The lowest BCUT2D eigenvalue weighted by atomic mass is 10.0. The largest absolute Gasteiger partial charge is 0.382 e. The molecule has 9 heteroatoms. The Kier molecular flexibility index (Phi) is 4.83. The summed E-state index contributed by atoms with van der Waals surface area (Å²) in [5.74, 6) is -4.87. The molecule has 0 aliphatic rings. The number of nitrogen functional groups attached to an aromatic ring is 1. The number of carbonyl (C=O) groups excluding carboxylic acids is 1. The number of nitrogens with two attached hydrogens (primary N) is 1. The molecule has 30 heavy (non-hydrogen) atoms. The standard InChI is InChI=1S/C21H11F4N3OS/c22-11-3-1-4-12(23)16(11)19(29)10-7-8-15-27-21(26)18(28(15)9-10)20(30)17-13(24)5-2-6-14(17)25/h1-9H,26H2. The first-order chi connectivity index (χ1) is 14.3. The van der Waals surface area contributed by atoms with Crippen LogP contribution in [0.3, 0.4) is 0 Å². The Hall–Kier alpha value is -3.59. The molecule has 0 unspecified atom stereocenters. The van der Waals surface area contributed by atoms with Gasteiger partial charge in [0.05, 0.1) is 16.0 Å². The van der Waals surface area contributed by atoms with Gasteiger partial charge in [0.15, 0.2) is 11.6 Å². The first-order valence-corrected chi connectivity index (χ1v) is 8.95. The summed E-state index contributed by atoms with van der Waals surface area (Å²) in [6.07, 6.45) is 1.22. The van der Waals surface area contributed by atoms with Crippen LogP contribution in [-0.2, 0) is 0 Å². The highest BCUT2D eigenvalue weighted by Gasteiger charge is 2.24. The lowest BCUT2D eigenvalue weighted by molar-refractivity contribution is 0.103. The van der Waals surface area contributed by atoms with Crippen LogP contribution in [0.15, 0.2) is 54.7 Å². The highest BCUT2D eigenvalue weighted by molar-refractivity contribution is 7.81. The normalized spacial score (nSPS) is 11.1. The topological polar surface area (TPSA) is 60.4 Å². The monoisotopic (exact) mass is 429 g/mol. The maximum Gasteiger partial charge on any atom is 0.200 e. The number of halogens is 4. The molecule has 0 atom stereocenters. The van der Waals surface area contributed by atoms with Crippen molar-refractivity contribution in [1.29, 1.82) is 0 Å². The third kappa shape index (κ3) is 3.13. The minimum Gasteiger partial charge on any atom is -0.382 e. The van der Waals surface area contributed by atoms with Gasteiger partial charge in [-0.2, -0.15) is 0 Å². The highest BCUT2D eigenvalue weighted by Crippen LogP contribution is 2.25. The average molecular weight is 429 g/mol. The Morgan fingerprint density at radius 3 is 1.97 bits per heavy atom. The van der Waals surface area contributed by atoms with Gasteiger partial charge in [0.2, 0.25) is 0 Å². The lowest BCUT2D eigenvalue weighted by Crippen LogP contribution is -2.12. The second-order valence-electron chi connectivity index (χ2n) is 6.34. The van der Waals surface area contributed by atoms with E-state index in [1.54, 1.807) is 0 Å². The molecule has 4 nitrogen and oxygen atoms in total. The molecule has 0 spiro atoms. The van der Waals surface area contributed by atoms with Crippen LogP contribution in [0.4, 0.5) is 23.4 Å². The van der Waals surface area contributed by atoms with Crippen molar-refractivity contribution in [2.45, 2.75) is 0 Å². The number of rotatable bonds is 4. The van der Waals surface area contributed by atoms with Gasteiger partial charge in [0.25, 0.3) is 0 Å². The second-order valence-corrected chi connectivity index (χ2v) is 6.75. The molecule has 0 aliphatic heterocycles. The number of ketones is 1. The molecule has 0 aliphatic carbocycles. The highest BCUT2D eigenvalue weighted by atomic mass is 32.1. The van der Waals surface area contributed by atoms with Gasteiger partial charge in [-0.25, -0.2) is 22.5 Å². The Labute approximate surface area is 172 Å². The van der Waals surface area contributed by atoms with Gasteiger partial charge >= 0.3 is 0 Å². The van der Waals surface area contributed by atoms with Crippen LogP contribution < -0.4 is 5.73 Å². The molecule has 0 saturated carbocycles. The molecule has 0 amide bonds. The van der Waals surface area contributed by atoms with Crippen molar-refractivity contribution in [1.82, 2.24) is 9.38 Å². The molecule has 0 saturated heterocycles. The first kappa shape index (κ1) is 19.7. The minimum absolute atomic E-state index is 0.0207. The predicted molar refractivity (Wildman–Crippen MR) is 107 cm³/mol. The van der Waals surface area contributed by atoms with Crippen LogP contribution in [0.5, 0.6) is 0 Å². The summed E-state index contributed by atoms with van der Waals surface area (Å²) in [5, 5.41) is 0. The van der Waals surface area contributed by atoms with Crippen LogP contribution in [-0.4, -0.2) is 20.0 Å².